The summed E-state index contributed by atoms with van der Waals surface area (Å²) in [6.07, 6.45) is 1.51. The fourth-order valence-electron chi connectivity index (χ4n) is 3.27. The Morgan fingerprint density at radius 2 is 1.66 bits per heavy atom. The third kappa shape index (κ3) is 5.95. The molecule has 1 aliphatic heterocycles. The third-order valence-electron chi connectivity index (χ3n) is 4.56. The molecule has 1 saturated heterocycles. The molecular formula is C21H26N2O5S. The SMILES string of the molecule is CC1CN(c2ccc(NC(=O)COc3ccc(S(C)(=O)=O)cc3)cc2)CC(C)O1. The van der Waals surface area contributed by atoms with E-state index in [4.69, 9.17) is 9.47 Å². The highest BCUT2D eigenvalue weighted by molar-refractivity contribution is 7.90. The number of rotatable bonds is 6. The summed E-state index contributed by atoms with van der Waals surface area (Å²) in [7, 11) is -3.25. The van der Waals surface area contributed by atoms with Crippen molar-refractivity contribution in [3.63, 3.8) is 0 Å². The number of nitrogens with zero attached hydrogens (tertiary/aromatic N) is 1. The molecule has 0 saturated carbocycles. The lowest BCUT2D eigenvalue weighted by Gasteiger charge is -2.36. The van der Waals surface area contributed by atoms with Gasteiger partial charge in [-0.15, -0.1) is 0 Å². The molecule has 1 N–H and O–H groups in total. The van der Waals surface area contributed by atoms with Gasteiger partial charge in [-0.05, 0) is 62.4 Å². The van der Waals surface area contributed by atoms with E-state index in [1.54, 1.807) is 0 Å². The first-order valence-corrected chi connectivity index (χ1v) is 11.3. The first-order chi connectivity index (χ1) is 13.7. The van der Waals surface area contributed by atoms with Crippen molar-refractivity contribution < 1.29 is 22.7 Å². The molecule has 156 valence electrons. The lowest BCUT2D eigenvalue weighted by atomic mass is 10.2. The first-order valence-electron chi connectivity index (χ1n) is 9.44. The number of morpholine rings is 1. The van der Waals surface area contributed by atoms with Crippen LogP contribution in [0.5, 0.6) is 5.75 Å². The van der Waals surface area contributed by atoms with Crippen molar-refractivity contribution in [2.45, 2.75) is 31.0 Å². The Kier molecular flexibility index (Phi) is 6.44. The number of nitrogens with one attached hydrogen (secondary N) is 1. The van der Waals surface area contributed by atoms with Gasteiger partial charge in [0.25, 0.3) is 5.91 Å². The van der Waals surface area contributed by atoms with Gasteiger partial charge in [0.05, 0.1) is 17.1 Å². The fourth-order valence-corrected chi connectivity index (χ4v) is 3.90. The van der Waals surface area contributed by atoms with Crippen LogP contribution in [-0.2, 0) is 19.4 Å². The summed E-state index contributed by atoms with van der Waals surface area (Å²) >= 11 is 0. The van der Waals surface area contributed by atoms with Gasteiger partial charge >= 0.3 is 0 Å². The molecule has 2 aromatic carbocycles. The van der Waals surface area contributed by atoms with Crippen molar-refractivity contribution in [2.24, 2.45) is 0 Å². The molecule has 0 aromatic heterocycles. The number of benzene rings is 2. The molecule has 3 rings (SSSR count). The average Bonchev–Trinajstić information content (AvgIpc) is 2.66. The number of ether oxygens (including phenoxy) is 2. The molecule has 8 heteroatoms. The predicted octanol–water partition coefficient (Wildman–Crippen LogP) is 2.72. The summed E-state index contributed by atoms with van der Waals surface area (Å²) < 4.78 is 34.1. The Balaban J connectivity index is 1.52. The van der Waals surface area contributed by atoms with Crippen LogP contribution in [0.2, 0.25) is 0 Å². The first kappa shape index (κ1) is 21.1. The van der Waals surface area contributed by atoms with Crippen LogP contribution >= 0.6 is 0 Å². The van der Waals surface area contributed by atoms with Gasteiger partial charge in [0.2, 0.25) is 0 Å². The average molecular weight is 419 g/mol. The molecule has 0 spiro atoms. The Morgan fingerprint density at radius 1 is 1.07 bits per heavy atom. The highest BCUT2D eigenvalue weighted by atomic mass is 32.2. The van der Waals surface area contributed by atoms with Crippen molar-refractivity contribution in [3.05, 3.63) is 48.5 Å². The second-order valence-corrected chi connectivity index (χ2v) is 9.31. The smallest absolute Gasteiger partial charge is 0.262 e. The number of sulfone groups is 1. The monoisotopic (exact) mass is 418 g/mol. The highest BCUT2D eigenvalue weighted by Gasteiger charge is 2.22. The van der Waals surface area contributed by atoms with Crippen molar-refractivity contribution in [2.75, 3.05) is 36.2 Å². The summed E-state index contributed by atoms with van der Waals surface area (Å²) in [6.45, 7) is 5.63. The van der Waals surface area contributed by atoms with Gasteiger partial charge in [-0.25, -0.2) is 8.42 Å². The number of hydrogen-bond acceptors (Lipinski definition) is 6. The minimum absolute atomic E-state index is 0.168. The summed E-state index contributed by atoms with van der Waals surface area (Å²) in [5.41, 5.74) is 1.77. The lowest BCUT2D eigenvalue weighted by molar-refractivity contribution is -0.118. The van der Waals surface area contributed by atoms with Crippen molar-refractivity contribution in [1.29, 1.82) is 0 Å². The van der Waals surface area contributed by atoms with E-state index in [1.165, 1.54) is 24.3 Å². The van der Waals surface area contributed by atoms with E-state index >= 15 is 0 Å². The number of amides is 1. The Bertz CT molecular complexity index is 932. The van der Waals surface area contributed by atoms with E-state index in [0.29, 0.717) is 11.4 Å². The van der Waals surface area contributed by atoms with Crippen LogP contribution in [0.25, 0.3) is 0 Å². The summed E-state index contributed by atoms with van der Waals surface area (Å²) in [5, 5.41) is 2.79. The molecule has 1 amide bonds. The maximum Gasteiger partial charge on any atom is 0.262 e. The van der Waals surface area contributed by atoms with Gasteiger partial charge in [-0.3, -0.25) is 4.79 Å². The zero-order valence-corrected chi connectivity index (χ0v) is 17.6. The molecule has 0 radical (unpaired) electrons. The molecule has 1 fully saturated rings. The van der Waals surface area contributed by atoms with Crippen LogP contribution in [0.4, 0.5) is 11.4 Å². The number of carbonyl (C=O) groups excluding carboxylic acids is 1. The third-order valence-corrected chi connectivity index (χ3v) is 5.69. The molecule has 2 unspecified atom stereocenters. The molecule has 2 aromatic rings. The molecular weight excluding hydrogens is 392 g/mol. The standard InChI is InChI=1S/C21H26N2O5S/c1-15-12-23(13-16(2)28-15)18-6-4-17(5-7-18)22-21(24)14-27-19-8-10-20(11-9-19)29(3,25)26/h4-11,15-16H,12-14H2,1-3H3,(H,22,24). The fraction of sp³-hybridized carbons (Fsp3) is 0.381. The van der Waals surface area contributed by atoms with Gasteiger partial charge in [-0.2, -0.15) is 0 Å². The van der Waals surface area contributed by atoms with Crippen LogP contribution in [-0.4, -0.2) is 52.5 Å². The second-order valence-electron chi connectivity index (χ2n) is 7.29. The van der Waals surface area contributed by atoms with E-state index in [0.717, 1.165) is 25.0 Å². The van der Waals surface area contributed by atoms with E-state index in [9.17, 15) is 13.2 Å². The largest absolute Gasteiger partial charge is 0.484 e. The van der Waals surface area contributed by atoms with Crippen LogP contribution in [0.1, 0.15) is 13.8 Å². The number of anilines is 2. The summed E-state index contributed by atoms with van der Waals surface area (Å²) in [4.78, 5) is 14.6. The van der Waals surface area contributed by atoms with Crippen LogP contribution < -0.4 is 15.0 Å². The Labute approximate surface area is 171 Å². The molecule has 7 nitrogen and oxygen atoms in total. The van der Waals surface area contributed by atoms with Crippen molar-refractivity contribution in [3.8, 4) is 5.75 Å². The zero-order chi connectivity index (χ0) is 21.0. The van der Waals surface area contributed by atoms with E-state index in [1.807, 2.05) is 24.3 Å². The maximum atomic E-state index is 12.1. The maximum absolute atomic E-state index is 12.1. The van der Waals surface area contributed by atoms with E-state index in [-0.39, 0.29) is 29.6 Å². The molecule has 2 atom stereocenters. The van der Waals surface area contributed by atoms with Crippen LogP contribution in [0, 0.1) is 0 Å². The Hall–Kier alpha value is -2.58. The van der Waals surface area contributed by atoms with Gasteiger partial charge in [0, 0.05) is 30.7 Å². The predicted molar refractivity (Wildman–Crippen MR) is 112 cm³/mol. The number of hydrogen-bond donors (Lipinski definition) is 1. The minimum Gasteiger partial charge on any atom is -0.484 e. The van der Waals surface area contributed by atoms with E-state index < -0.39 is 9.84 Å². The number of carbonyl (C=O) groups is 1. The van der Waals surface area contributed by atoms with Crippen LogP contribution in [0.15, 0.2) is 53.4 Å². The summed E-state index contributed by atoms with van der Waals surface area (Å²) in [5.74, 6) is 0.136. The van der Waals surface area contributed by atoms with Crippen molar-refractivity contribution in [1.82, 2.24) is 0 Å². The molecule has 29 heavy (non-hydrogen) atoms. The molecule has 1 heterocycles. The Morgan fingerprint density at radius 3 is 2.21 bits per heavy atom. The lowest BCUT2D eigenvalue weighted by Crippen LogP contribution is -2.45. The van der Waals surface area contributed by atoms with Gasteiger partial charge in [0.15, 0.2) is 16.4 Å². The topological polar surface area (TPSA) is 84.9 Å². The second kappa shape index (κ2) is 8.84. The van der Waals surface area contributed by atoms with Crippen molar-refractivity contribution >= 4 is 27.1 Å². The normalized spacial score (nSPS) is 19.6. The minimum atomic E-state index is -3.25. The van der Waals surface area contributed by atoms with Gasteiger partial charge < -0.3 is 19.7 Å². The quantitative estimate of drug-likeness (QED) is 0.777. The molecule has 0 aliphatic carbocycles. The summed E-state index contributed by atoms with van der Waals surface area (Å²) in [6, 6.07) is 13.6. The molecule has 1 aliphatic rings. The zero-order valence-electron chi connectivity index (χ0n) is 16.8. The van der Waals surface area contributed by atoms with E-state index in [2.05, 4.69) is 24.1 Å². The molecule has 0 bridgehead atoms. The highest BCUT2D eigenvalue weighted by Crippen LogP contribution is 2.22. The van der Waals surface area contributed by atoms with Gasteiger partial charge in [0.1, 0.15) is 5.75 Å². The van der Waals surface area contributed by atoms with Gasteiger partial charge in [-0.1, -0.05) is 0 Å². The van der Waals surface area contributed by atoms with Crippen LogP contribution in [0.3, 0.4) is 0 Å².